The molecule has 0 bridgehead atoms. The monoisotopic (exact) mass is 355 g/mol. The Kier molecular flexibility index (Phi) is 4.88. The third-order valence-electron chi connectivity index (χ3n) is 5.37. The second kappa shape index (κ2) is 7.45. The van der Waals surface area contributed by atoms with Gasteiger partial charge in [0.15, 0.2) is 0 Å². The molecule has 0 atom stereocenters. The van der Waals surface area contributed by atoms with Crippen molar-refractivity contribution >= 4 is 22.5 Å². The number of piperazine rings is 1. The van der Waals surface area contributed by atoms with E-state index >= 15 is 0 Å². The van der Waals surface area contributed by atoms with E-state index in [1.54, 1.807) is 7.11 Å². The fraction of sp³-hybridized carbons (Fsp3) is 0.526. The summed E-state index contributed by atoms with van der Waals surface area (Å²) in [5.41, 5.74) is 2.08. The molecule has 0 spiro atoms. The first-order chi connectivity index (χ1) is 12.7. The molecule has 0 saturated carbocycles. The first-order valence-electron chi connectivity index (χ1n) is 9.28. The van der Waals surface area contributed by atoms with Crippen LogP contribution in [0.5, 0.6) is 5.88 Å². The molecular weight excluding hydrogens is 330 g/mol. The van der Waals surface area contributed by atoms with Crippen LogP contribution in [0.1, 0.15) is 12.8 Å². The van der Waals surface area contributed by atoms with Gasteiger partial charge < -0.3 is 14.5 Å². The summed E-state index contributed by atoms with van der Waals surface area (Å²) in [4.78, 5) is 27.1. The number of rotatable bonds is 5. The molecule has 1 amide bonds. The zero-order valence-electron chi connectivity index (χ0n) is 15.2. The Bertz CT molecular complexity index is 789. The molecule has 0 unspecified atom stereocenters. The van der Waals surface area contributed by atoms with Gasteiger partial charge in [0.25, 0.3) is 0 Å². The molecule has 2 aromatic rings. The number of hydrogen-bond acceptors (Lipinski definition) is 6. The van der Waals surface area contributed by atoms with Crippen molar-refractivity contribution < 1.29 is 9.53 Å². The zero-order valence-corrected chi connectivity index (χ0v) is 15.2. The van der Waals surface area contributed by atoms with E-state index in [-0.39, 0.29) is 0 Å². The number of nitrogens with zero attached hydrogens (tertiary/aromatic N) is 5. The van der Waals surface area contributed by atoms with E-state index in [0.29, 0.717) is 11.8 Å². The van der Waals surface area contributed by atoms with Gasteiger partial charge in [0.05, 0.1) is 18.0 Å². The van der Waals surface area contributed by atoms with Crippen molar-refractivity contribution in [2.75, 3.05) is 57.8 Å². The van der Waals surface area contributed by atoms with Crippen molar-refractivity contribution in [3.63, 3.8) is 0 Å². The highest BCUT2D eigenvalue weighted by Crippen LogP contribution is 2.27. The molecule has 0 N–H and O–H groups in total. The second-order valence-electron chi connectivity index (χ2n) is 6.90. The van der Waals surface area contributed by atoms with E-state index < -0.39 is 0 Å². The van der Waals surface area contributed by atoms with Crippen LogP contribution in [-0.4, -0.2) is 78.6 Å². The number of benzene rings is 1. The van der Waals surface area contributed by atoms with Crippen LogP contribution in [0, 0.1) is 0 Å². The van der Waals surface area contributed by atoms with Crippen LogP contribution < -0.4 is 9.64 Å². The summed E-state index contributed by atoms with van der Waals surface area (Å²) in [6.45, 7) is 6.76. The largest absolute Gasteiger partial charge is 0.480 e. The lowest BCUT2D eigenvalue weighted by molar-refractivity contribution is -0.127. The van der Waals surface area contributed by atoms with Crippen LogP contribution in [0.2, 0.25) is 0 Å². The maximum atomic E-state index is 11.7. The number of carbonyl (C=O) groups excluding carboxylic acids is 1. The van der Waals surface area contributed by atoms with Gasteiger partial charge >= 0.3 is 0 Å². The molecule has 7 heteroatoms. The first kappa shape index (κ1) is 17.0. The number of ether oxygens (including phenoxy) is 1. The Balaban J connectivity index is 1.37. The van der Waals surface area contributed by atoms with Crippen LogP contribution in [0.4, 0.5) is 5.69 Å². The van der Waals surface area contributed by atoms with Crippen molar-refractivity contribution in [2.24, 2.45) is 0 Å². The molecule has 3 heterocycles. The number of amides is 1. The van der Waals surface area contributed by atoms with Gasteiger partial charge in [0.2, 0.25) is 11.8 Å². The SMILES string of the molecule is COc1ncnc2ccc(N3CCN(CCN4CCCC4=O)CC3)cc12. The van der Waals surface area contributed by atoms with E-state index in [2.05, 4.69) is 31.9 Å². The normalized spacial score (nSPS) is 18.7. The first-order valence-corrected chi connectivity index (χ1v) is 9.28. The average Bonchev–Trinajstić information content (AvgIpc) is 3.10. The number of fused-ring (bicyclic) bond motifs is 1. The minimum atomic E-state index is 0.316. The quantitative estimate of drug-likeness (QED) is 0.808. The Morgan fingerprint density at radius 2 is 1.92 bits per heavy atom. The number of likely N-dealkylation sites (tertiary alicyclic amines) is 1. The number of hydrogen-bond donors (Lipinski definition) is 0. The van der Waals surface area contributed by atoms with E-state index in [0.717, 1.165) is 69.6 Å². The van der Waals surface area contributed by atoms with Crippen LogP contribution in [-0.2, 0) is 4.79 Å². The van der Waals surface area contributed by atoms with Crippen LogP contribution in [0.25, 0.3) is 10.9 Å². The van der Waals surface area contributed by atoms with Crippen molar-refractivity contribution in [2.45, 2.75) is 12.8 Å². The van der Waals surface area contributed by atoms with Crippen LogP contribution >= 0.6 is 0 Å². The number of aromatic nitrogens is 2. The van der Waals surface area contributed by atoms with Gasteiger partial charge in [0.1, 0.15) is 6.33 Å². The highest BCUT2D eigenvalue weighted by molar-refractivity contribution is 5.86. The molecule has 4 rings (SSSR count). The van der Waals surface area contributed by atoms with E-state index in [4.69, 9.17) is 4.74 Å². The standard InChI is InChI=1S/C19H25N5O2/c1-26-19-16-13-15(4-5-17(16)20-14-21-19)23-10-7-22(8-11-23)9-12-24-6-2-3-18(24)25/h4-5,13-14H,2-3,6-12H2,1H3. The summed E-state index contributed by atoms with van der Waals surface area (Å²) in [6.07, 6.45) is 3.27. The minimum absolute atomic E-state index is 0.316. The summed E-state index contributed by atoms with van der Waals surface area (Å²) in [5, 5.41) is 0.947. The molecule has 26 heavy (non-hydrogen) atoms. The molecule has 1 aromatic carbocycles. The molecule has 2 aliphatic heterocycles. The maximum Gasteiger partial charge on any atom is 0.224 e. The molecule has 0 aliphatic carbocycles. The van der Waals surface area contributed by atoms with Crippen molar-refractivity contribution in [1.29, 1.82) is 0 Å². The summed E-state index contributed by atoms with van der Waals surface area (Å²) in [6, 6.07) is 6.26. The third kappa shape index (κ3) is 3.44. The van der Waals surface area contributed by atoms with E-state index in [1.165, 1.54) is 12.0 Å². The highest BCUT2D eigenvalue weighted by Gasteiger charge is 2.22. The Morgan fingerprint density at radius 3 is 2.65 bits per heavy atom. The molecule has 2 saturated heterocycles. The Labute approximate surface area is 153 Å². The predicted octanol–water partition coefficient (Wildman–Crippen LogP) is 1.38. The Morgan fingerprint density at radius 1 is 1.08 bits per heavy atom. The van der Waals surface area contributed by atoms with Gasteiger partial charge in [-0.3, -0.25) is 9.69 Å². The average molecular weight is 355 g/mol. The molecule has 0 radical (unpaired) electrons. The van der Waals surface area contributed by atoms with Gasteiger partial charge in [0, 0.05) is 57.9 Å². The second-order valence-corrected chi connectivity index (χ2v) is 6.90. The van der Waals surface area contributed by atoms with Gasteiger partial charge in [-0.1, -0.05) is 0 Å². The molecule has 2 aliphatic rings. The van der Waals surface area contributed by atoms with Crippen LogP contribution in [0.15, 0.2) is 24.5 Å². The fourth-order valence-corrected chi connectivity index (χ4v) is 3.81. The highest BCUT2D eigenvalue weighted by atomic mass is 16.5. The van der Waals surface area contributed by atoms with Gasteiger partial charge in [-0.2, -0.15) is 0 Å². The summed E-state index contributed by atoms with van der Waals surface area (Å²) < 4.78 is 5.37. The maximum absolute atomic E-state index is 11.7. The zero-order chi connectivity index (χ0) is 17.9. The number of carbonyl (C=O) groups is 1. The molecule has 1 aromatic heterocycles. The van der Waals surface area contributed by atoms with Crippen molar-refractivity contribution in [1.82, 2.24) is 19.8 Å². The molecule has 7 nitrogen and oxygen atoms in total. The fourth-order valence-electron chi connectivity index (χ4n) is 3.81. The molecular formula is C19H25N5O2. The number of anilines is 1. The van der Waals surface area contributed by atoms with E-state index in [9.17, 15) is 4.79 Å². The van der Waals surface area contributed by atoms with Gasteiger partial charge in [-0.25, -0.2) is 9.97 Å². The summed E-state index contributed by atoms with van der Waals surface area (Å²) >= 11 is 0. The minimum Gasteiger partial charge on any atom is -0.480 e. The summed E-state index contributed by atoms with van der Waals surface area (Å²) in [5.74, 6) is 0.932. The molecule has 138 valence electrons. The molecule has 2 fully saturated rings. The lowest BCUT2D eigenvalue weighted by Gasteiger charge is -2.36. The van der Waals surface area contributed by atoms with Gasteiger partial charge in [-0.15, -0.1) is 0 Å². The predicted molar refractivity (Wildman–Crippen MR) is 101 cm³/mol. The van der Waals surface area contributed by atoms with Gasteiger partial charge in [-0.05, 0) is 24.6 Å². The van der Waals surface area contributed by atoms with Crippen molar-refractivity contribution in [3.05, 3.63) is 24.5 Å². The Hall–Kier alpha value is -2.41. The number of methoxy groups -OCH3 is 1. The smallest absolute Gasteiger partial charge is 0.224 e. The third-order valence-corrected chi connectivity index (χ3v) is 5.37. The lowest BCUT2D eigenvalue weighted by atomic mass is 10.2. The topological polar surface area (TPSA) is 61.8 Å². The van der Waals surface area contributed by atoms with Crippen LogP contribution in [0.3, 0.4) is 0 Å². The van der Waals surface area contributed by atoms with Crippen molar-refractivity contribution in [3.8, 4) is 5.88 Å². The summed E-state index contributed by atoms with van der Waals surface area (Å²) in [7, 11) is 1.64. The van der Waals surface area contributed by atoms with E-state index in [1.807, 2.05) is 11.0 Å². The lowest BCUT2D eigenvalue weighted by Crippen LogP contribution is -2.48.